The Kier molecular flexibility index (Phi) is 5.78. The van der Waals surface area contributed by atoms with Gasteiger partial charge in [-0.1, -0.05) is 12.1 Å². The molecule has 1 N–H and O–H groups in total. The van der Waals surface area contributed by atoms with E-state index in [-0.39, 0.29) is 11.9 Å². The van der Waals surface area contributed by atoms with Gasteiger partial charge in [0.15, 0.2) is 5.11 Å². The number of carbonyl (C=O) groups excluding carboxylic acids is 1. The molecule has 0 aliphatic carbocycles. The molecule has 0 spiro atoms. The van der Waals surface area contributed by atoms with Crippen LogP contribution < -0.4 is 10.1 Å². The lowest BCUT2D eigenvalue weighted by Gasteiger charge is -2.38. The molecule has 0 bridgehead atoms. The van der Waals surface area contributed by atoms with E-state index >= 15 is 0 Å². The van der Waals surface area contributed by atoms with Crippen LogP contribution in [0.4, 0.5) is 0 Å². The third-order valence-electron chi connectivity index (χ3n) is 4.81. The van der Waals surface area contributed by atoms with Gasteiger partial charge in [0.1, 0.15) is 5.75 Å². The molecule has 3 rings (SSSR count). The zero-order chi connectivity index (χ0) is 18.7. The lowest BCUT2D eigenvalue weighted by Crippen LogP contribution is -2.50. The summed E-state index contributed by atoms with van der Waals surface area (Å²) >= 11 is 5.46. The number of nitrogens with one attached hydrogen (secondary N) is 1. The van der Waals surface area contributed by atoms with E-state index in [1.807, 2.05) is 55.0 Å². The fourth-order valence-corrected chi connectivity index (χ4v) is 3.48. The Morgan fingerprint density at radius 2 is 1.96 bits per heavy atom. The molecular formula is C19H25N3O3S. The molecule has 1 fully saturated rings. The van der Waals surface area contributed by atoms with Crippen LogP contribution >= 0.6 is 12.2 Å². The van der Waals surface area contributed by atoms with Gasteiger partial charge in [-0.3, -0.25) is 4.79 Å². The second kappa shape index (κ2) is 8.05. The zero-order valence-electron chi connectivity index (χ0n) is 15.4. The number of hydrogen-bond acceptors (Lipinski definition) is 4. The maximum atomic E-state index is 13.2. The smallest absolute Gasteiger partial charge is 0.254 e. The molecule has 2 heterocycles. The Morgan fingerprint density at radius 1 is 1.31 bits per heavy atom. The van der Waals surface area contributed by atoms with Gasteiger partial charge in [-0.05, 0) is 43.8 Å². The Balaban J connectivity index is 1.95. The summed E-state index contributed by atoms with van der Waals surface area (Å²) in [6.07, 6.45) is 0. The van der Waals surface area contributed by atoms with Gasteiger partial charge in [-0.15, -0.1) is 0 Å². The number of allylic oxidation sites excluding steroid dienone is 1. The van der Waals surface area contributed by atoms with Crippen LogP contribution in [0.5, 0.6) is 5.75 Å². The van der Waals surface area contributed by atoms with E-state index in [9.17, 15) is 4.79 Å². The van der Waals surface area contributed by atoms with Gasteiger partial charge in [-0.2, -0.15) is 0 Å². The van der Waals surface area contributed by atoms with Crippen LogP contribution in [0.1, 0.15) is 25.5 Å². The molecule has 26 heavy (non-hydrogen) atoms. The molecule has 2 aliphatic heterocycles. The fourth-order valence-electron chi connectivity index (χ4n) is 3.22. The number of morpholine rings is 1. The first-order chi connectivity index (χ1) is 12.5. The quantitative estimate of drug-likeness (QED) is 0.814. The van der Waals surface area contributed by atoms with E-state index in [0.29, 0.717) is 38.0 Å². The lowest BCUT2D eigenvalue weighted by molar-refractivity contribution is -0.131. The second-order valence-corrected chi connectivity index (χ2v) is 6.73. The second-order valence-electron chi connectivity index (χ2n) is 6.35. The maximum absolute atomic E-state index is 13.2. The Hall–Kier alpha value is -2.12. The van der Waals surface area contributed by atoms with Gasteiger partial charge in [0.2, 0.25) is 0 Å². The van der Waals surface area contributed by atoms with E-state index in [1.54, 1.807) is 0 Å². The highest BCUT2D eigenvalue weighted by atomic mass is 32.1. The van der Waals surface area contributed by atoms with Crippen molar-refractivity contribution in [3.05, 3.63) is 41.1 Å². The number of hydrogen-bond donors (Lipinski definition) is 1. The van der Waals surface area contributed by atoms with Gasteiger partial charge in [0, 0.05) is 25.8 Å². The molecular weight excluding hydrogens is 350 g/mol. The summed E-state index contributed by atoms with van der Waals surface area (Å²) in [5, 5.41) is 3.93. The number of rotatable bonds is 4. The summed E-state index contributed by atoms with van der Waals surface area (Å²) in [7, 11) is 1.88. The number of nitrogens with zero attached hydrogens (tertiary/aromatic N) is 2. The predicted octanol–water partition coefficient (Wildman–Crippen LogP) is 2.08. The van der Waals surface area contributed by atoms with Gasteiger partial charge >= 0.3 is 0 Å². The van der Waals surface area contributed by atoms with E-state index in [4.69, 9.17) is 21.7 Å². The average molecular weight is 375 g/mol. The largest absolute Gasteiger partial charge is 0.494 e. The molecule has 1 atom stereocenters. The van der Waals surface area contributed by atoms with Crippen LogP contribution in [0.15, 0.2) is 35.5 Å². The van der Waals surface area contributed by atoms with Crippen molar-refractivity contribution in [1.29, 1.82) is 0 Å². The molecule has 1 saturated heterocycles. The summed E-state index contributed by atoms with van der Waals surface area (Å²) < 4.78 is 10.9. The number of ether oxygens (including phenoxy) is 2. The summed E-state index contributed by atoms with van der Waals surface area (Å²) in [5.41, 5.74) is 2.59. The lowest BCUT2D eigenvalue weighted by atomic mass is 9.94. The van der Waals surface area contributed by atoms with Crippen molar-refractivity contribution < 1.29 is 14.3 Å². The van der Waals surface area contributed by atoms with Gasteiger partial charge in [0.05, 0.1) is 31.4 Å². The van der Waals surface area contributed by atoms with E-state index in [0.717, 1.165) is 22.6 Å². The summed E-state index contributed by atoms with van der Waals surface area (Å²) in [4.78, 5) is 17.0. The van der Waals surface area contributed by atoms with Gasteiger partial charge in [0.25, 0.3) is 5.91 Å². The van der Waals surface area contributed by atoms with Crippen LogP contribution in [0, 0.1) is 0 Å². The number of amides is 1. The van der Waals surface area contributed by atoms with Crippen LogP contribution in [0.3, 0.4) is 0 Å². The highest BCUT2D eigenvalue weighted by Gasteiger charge is 2.35. The topological polar surface area (TPSA) is 54.0 Å². The maximum Gasteiger partial charge on any atom is 0.254 e. The minimum Gasteiger partial charge on any atom is -0.494 e. The van der Waals surface area contributed by atoms with Gasteiger partial charge < -0.3 is 24.6 Å². The molecule has 0 saturated carbocycles. The highest BCUT2D eigenvalue weighted by Crippen LogP contribution is 2.32. The highest BCUT2D eigenvalue weighted by molar-refractivity contribution is 7.80. The number of thiocarbonyl (C=S) groups is 1. The first-order valence-electron chi connectivity index (χ1n) is 8.87. The fraction of sp³-hybridized carbons (Fsp3) is 0.474. The Bertz CT molecular complexity index is 711. The van der Waals surface area contributed by atoms with Crippen LogP contribution in [0.2, 0.25) is 0 Å². The monoisotopic (exact) mass is 375 g/mol. The number of carbonyl (C=O) groups is 1. The third kappa shape index (κ3) is 3.68. The Morgan fingerprint density at radius 3 is 2.58 bits per heavy atom. The molecule has 2 aliphatic rings. The molecule has 1 aromatic carbocycles. The molecule has 0 radical (unpaired) electrons. The van der Waals surface area contributed by atoms with Crippen molar-refractivity contribution in [3.63, 3.8) is 0 Å². The van der Waals surface area contributed by atoms with Crippen LogP contribution in [0.25, 0.3) is 0 Å². The third-order valence-corrected chi connectivity index (χ3v) is 5.20. The molecule has 7 heteroatoms. The predicted molar refractivity (Wildman–Crippen MR) is 104 cm³/mol. The van der Waals surface area contributed by atoms with Crippen LogP contribution in [-0.2, 0) is 9.53 Å². The minimum absolute atomic E-state index is 0.0338. The van der Waals surface area contributed by atoms with E-state index < -0.39 is 0 Å². The van der Waals surface area contributed by atoms with E-state index in [2.05, 4.69) is 5.32 Å². The molecule has 6 nitrogen and oxygen atoms in total. The van der Waals surface area contributed by atoms with Crippen molar-refractivity contribution in [1.82, 2.24) is 15.1 Å². The van der Waals surface area contributed by atoms with Crippen molar-refractivity contribution in [3.8, 4) is 5.75 Å². The zero-order valence-corrected chi connectivity index (χ0v) is 16.3. The molecule has 1 amide bonds. The van der Waals surface area contributed by atoms with Crippen molar-refractivity contribution in [2.45, 2.75) is 19.9 Å². The van der Waals surface area contributed by atoms with Crippen molar-refractivity contribution >= 4 is 23.2 Å². The summed E-state index contributed by atoms with van der Waals surface area (Å²) in [5.74, 6) is 0.847. The van der Waals surface area contributed by atoms with E-state index in [1.165, 1.54) is 0 Å². The number of benzene rings is 1. The first kappa shape index (κ1) is 18.7. The van der Waals surface area contributed by atoms with Crippen LogP contribution in [-0.4, -0.2) is 60.8 Å². The average Bonchev–Trinajstić information content (AvgIpc) is 2.67. The first-order valence-corrected chi connectivity index (χ1v) is 9.28. The molecule has 1 unspecified atom stereocenters. The Labute approximate surface area is 159 Å². The van der Waals surface area contributed by atoms with Gasteiger partial charge in [-0.25, -0.2) is 0 Å². The molecule has 140 valence electrons. The van der Waals surface area contributed by atoms with Crippen molar-refractivity contribution in [2.75, 3.05) is 40.0 Å². The SMILES string of the molecule is CCOc1ccc(C2NC(=S)N(C)C(C)=C2C(=O)N2CCOCC2)cc1. The molecule has 1 aromatic rings. The minimum atomic E-state index is -0.273. The standard InChI is InChI=1S/C19H25N3O3S/c1-4-25-15-7-5-14(6-8-15)17-16(13(2)21(3)19(26)20-17)18(23)22-9-11-24-12-10-22/h5-8,17H,4,9-12H2,1-3H3,(H,20,26). The van der Waals surface area contributed by atoms with Crippen molar-refractivity contribution in [2.24, 2.45) is 0 Å². The summed E-state index contributed by atoms with van der Waals surface area (Å²) in [6.45, 7) is 6.90. The molecule has 0 aromatic heterocycles. The summed E-state index contributed by atoms with van der Waals surface area (Å²) in [6, 6.07) is 7.54. The normalized spacial score (nSPS) is 20.9.